The van der Waals surface area contributed by atoms with E-state index in [4.69, 9.17) is 23.1 Å². The topological polar surface area (TPSA) is 86.9 Å². The molecule has 1 aromatic carbocycles. The Bertz CT molecular complexity index is 665. The number of halogens is 2. The lowest BCUT2D eigenvalue weighted by Crippen LogP contribution is -2.35. The quantitative estimate of drug-likeness (QED) is 0.903. The Morgan fingerprint density at radius 2 is 2.16 bits per heavy atom. The summed E-state index contributed by atoms with van der Waals surface area (Å²) in [4.78, 5) is 15.5. The summed E-state index contributed by atoms with van der Waals surface area (Å²) >= 11 is 5.69. The van der Waals surface area contributed by atoms with Gasteiger partial charge in [0.05, 0.1) is 21.5 Å². The zero-order valence-corrected chi connectivity index (χ0v) is 11.3. The van der Waals surface area contributed by atoms with Crippen molar-refractivity contribution in [3.63, 3.8) is 0 Å². The van der Waals surface area contributed by atoms with E-state index in [1.54, 1.807) is 18.4 Å². The molecule has 1 amide bonds. The molecular formula is C12H14ClFN4O. The normalized spacial score (nSPS) is 12.0. The molecule has 2 rings (SSSR count). The van der Waals surface area contributed by atoms with Gasteiger partial charge in [-0.25, -0.2) is 9.37 Å². The standard InChI is InChI=1S/C12H14ClFN4O/c1-12(2,10(15)19)5-18-9-4-7(14)6(13)3-8(9)17-11(18)16/h3-4H,5H2,1-2H3,(H2,15,19)(H2,16,17). The van der Waals surface area contributed by atoms with Gasteiger partial charge in [0.15, 0.2) is 0 Å². The first-order valence-corrected chi connectivity index (χ1v) is 6.01. The van der Waals surface area contributed by atoms with E-state index in [9.17, 15) is 9.18 Å². The molecule has 102 valence electrons. The molecule has 0 saturated carbocycles. The van der Waals surface area contributed by atoms with Crippen LogP contribution in [0.25, 0.3) is 11.0 Å². The van der Waals surface area contributed by atoms with Gasteiger partial charge in [-0.2, -0.15) is 0 Å². The second kappa shape index (κ2) is 4.38. The number of anilines is 1. The third kappa shape index (κ3) is 2.35. The van der Waals surface area contributed by atoms with Crippen molar-refractivity contribution in [3.05, 3.63) is 23.0 Å². The molecule has 0 aliphatic heterocycles. The van der Waals surface area contributed by atoms with Crippen LogP contribution in [0.5, 0.6) is 0 Å². The van der Waals surface area contributed by atoms with Gasteiger partial charge in [-0.1, -0.05) is 11.6 Å². The van der Waals surface area contributed by atoms with Gasteiger partial charge in [0.1, 0.15) is 5.82 Å². The number of nitrogens with two attached hydrogens (primary N) is 2. The molecule has 1 aromatic heterocycles. The van der Waals surface area contributed by atoms with Crippen LogP contribution in [0.15, 0.2) is 12.1 Å². The van der Waals surface area contributed by atoms with Gasteiger partial charge in [-0.15, -0.1) is 0 Å². The van der Waals surface area contributed by atoms with Crippen molar-refractivity contribution in [3.8, 4) is 0 Å². The maximum Gasteiger partial charge on any atom is 0.224 e. The molecule has 0 aliphatic rings. The predicted molar refractivity (Wildman–Crippen MR) is 72.1 cm³/mol. The molecule has 0 atom stereocenters. The molecule has 7 heteroatoms. The molecule has 1 heterocycles. The summed E-state index contributed by atoms with van der Waals surface area (Å²) in [5, 5.41) is -0.0219. The first kappa shape index (κ1) is 13.6. The molecule has 0 unspecified atom stereocenters. The van der Waals surface area contributed by atoms with E-state index in [1.807, 2.05) is 0 Å². The minimum absolute atomic E-state index is 0.0219. The van der Waals surface area contributed by atoms with Crippen molar-refractivity contribution >= 4 is 34.5 Å². The van der Waals surface area contributed by atoms with E-state index in [0.717, 1.165) is 0 Å². The molecule has 0 saturated heterocycles. The number of fused-ring (bicyclic) bond motifs is 1. The number of hydrogen-bond donors (Lipinski definition) is 2. The fourth-order valence-electron chi connectivity index (χ4n) is 1.78. The summed E-state index contributed by atoms with van der Waals surface area (Å²) in [6.45, 7) is 3.59. The monoisotopic (exact) mass is 284 g/mol. The van der Waals surface area contributed by atoms with Crippen LogP contribution in [0.1, 0.15) is 13.8 Å². The molecule has 19 heavy (non-hydrogen) atoms. The van der Waals surface area contributed by atoms with Crippen LogP contribution in [0.4, 0.5) is 10.3 Å². The lowest BCUT2D eigenvalue weighted by Gasteiger charge is -2.21. The minimum atomic E-state index is -0.822. The lowest BCUT2D eigenvalue weighted by atomic mass is 9.92. The number of carbonyl (C=O) groups excluding carboxylic acids is 1. The first-order chi connectivity index (χ1) is 8.72. The fourth-order valence-corrected chi connectivity index (χ4v) is 1.94. The van der Waals surface area contributed by atoms with Gasteiger partial charge in [-0.05, 0) is 19.9 Å². The van der Waals surface area contributed by atoms with Gasteiger partial charge in [-0.3, -0.25) is 4.79 Å². The maximum absolute atomic E-state index is 13.5. The Labute approximate surface area is 114 Å². The van der Waals surface area contributed by atoms with Crippen molar-refractivity contribution in [2.75, 3.05) is 5.73 Å². The number of nitrogen functional groups attached to an aromatic ring is 1. The number of carbonyl (C=O) groups is 1. The summed E-state index contributed by atoms with van der Waals surface area (Å²) < 4.78 is 15.1. The average molecular weight is 285 g/mol. The highest BCUT2D eigenvalue weighted by Crippen LogP contribution is 2.28. The van der Waals surface area contributed by atoms with E-state index in [0.29, 0.717) is 11.0 Å². The van der Waals surface area contributed by atoms with Crippen molar-refractivity contribution in [2.24, 2.45) is 11.1 Å². The highest BCUT2D eigenvalue weighted by molar-refractivity contribution is 6.31. The number of benzene rings is 1. The zero-order valence-electron chi connectivity index (χ0n) is 10.6. The summed E-state index contributed by atoms with van der Waals surface area (Å²) in [5.74, 6) is -0.846. The number of hydrogen-bond acceptors (Lipinski definition) is 3. The highest BCUT2D eigenvalue weighted by Gasteiger charge is 2.27. The van der Waals surface area contributed by atoms with Gasteiger partial charge in [0.2, 0.25) is 11.9 Å². The van der Waals surface area contributed by atoms with Gasteiger partial charge >= 0.3 is 0 Å². The van der Waals surface area contributed by atoms with Crippen LogP contribution in [0.3, 0.4) is 0 Å². The Kier molecular flexibility index (Phi) is 3.14. The van der Waals surface area contributed by atoms with Crippen LogP contribution >= 0.6 is 11.6 Å². The van der Waals surface area contributed by atoms with Gasteiger partial charge < -0.3 is 16.0 Å². The number of imidazole rings is 1. The minimum Gasteiger partial charge on any atom is -0.369 e. The van der Waals surface area contributed by atoms with Crippen molar-refractivity contribution in [1.82, 2.24) is 9.55 Å². The molecular weight excluding hydrogens is 271 g/mol. The van der Waals surface area contributed by atoms with Crippen LogP contribution in [0, 0.1) is 11.2 Å². The Balaban J connectivity index is 2.58. The number of nitrogens with zero attached hydrogens (tertiary/aromatic N) is 2. The van der Waals surface area contributed by atoms with Crippen molar-refractivity contribution in [1.29, 1.82) is 0 Å². The second-order valence-corrected chi connectivity index (χ2v) is 5.47. The van der Waals surface area contributed by atoms with Crippen molar-refractivity contribution in [2.45, 2.75) is 20.4 Å². The third-order valence-corrected chi connectivity index (χ3v) is 3.33. The van der Waals surface area contributed by atoms with Crippen LogP contribution in [-0.2, 0) is 11.3 Å². The van der Waals surface area contributed by atoms with Gasteiger partial charge in [0, 0.05) is 12.6 Å². The molecule has 0 radical (unpaired) electrons. The van der Waals surface area contributed by atoms with E-state index in [-0.39, 0.29) is 17.5 Å². The second-order valence-electron chi connectivity index (χ2n) is 5.06. The SMILES string of the molecule is CC(C)(Cn1c(N)nc2cc(Cl)c(F)cc21)C(N)=O. The summed E-state index contributed by atoms with van der Waals surface area (Å²) in [5.41, 5.74) is 11.3. The Morgan fingerprint density at radius 3 is 2.74 bits per heavy atom. The smallest absolute Gasteiger partial charge is 0.224 e. The number of aromatic nitrogens is 2. The molecule has 0 bridgehead atoms. The molecule has 4 N–H and O–H groups in total. The number of amides is 1. The van der Waals surface area contributed by atoms with E-state index >= 15 is 0 Å². The molecule has 2 aromatic rings. The number of rotatable bonds is 3. The summed E-state index contributed by atoms with van der Waals surface area (Å²) in [6, 6.07) is 2.65. The predicted octanol–water partition coefficient (Wildman–Crippen LogP) is 1.92. The molecule has 0 fully saturated rings. The summed E-state index contributed by atoms with van der Waals surface area (Å²) in [7, 11) is 0. The fraction of sp³-hybridized carbons (Fsp3) is 0.333. The van der Waals surface area contributed by atoms with E-state index in [1.165, 1.54) is 12.1 Å². The first-order valence-electron chi connectivity index (χ1n) is 5.63. The maximum atomic E-state index is 13.5. The average Bonchev–Trinajstić information content (AvgIpc) is 2.56. The molecule has 0 aliphatic carbocycles. The van der Waals surface area contributed by atoms with Crippen molar-refractivity contribution < 1.29 is 9.18 Å². The molecule has 0 spiro atoms. The highest BCUT2D eigenvalue weighted by atomic mass is 35.5. The number of primary amides is 1. The van der Waals surface area contributed by atoms with Crippen LogP contribution in [0.2, 0.25) is 5.02 Å². The lowest BCUT2D eigenvalue weighted by molar-refractivity contribution is -0.126. The summed E-state index contributed by atoms with van der Waals surface area (Å²) in [6.07, 6.45) is 0. The van der Waals surface area contributed by atoms with E-state index in [2.05, 4.69) is 4.98 Å². The zero-order chi connectivity index (χ0) is 14.4. The van der Waals surface area contributed by atoms with E-state index < -0.39 is 17.1 Å². The Hall–Kier alpha value is -1.82. The third-order valence-electron chi connectivity index (χ3n) is 3.04. The van der Waals surface area contributed by atoms with Crippen LogP contribution < -0.4 is 11.5 Å². The van der Waals surface area contributed by atoms with Gasteiger partial charge in [0.25, 0.3) is 0 Å². The Morgan fingerprint density at radius 1 is 1.53 bits per heavy atom. The largest absolute Gasteiger partial charge is 0.369 e. The van der Waals surface area contributed by atoms with Crippen LogP contribution in [-0.4, -0.2) is 15.5 Å². The molecule has 5 nitrogen and oxygen atoms in total.